The van der Waals surface area contributed by atoms with E-state index in [1.165, 1.54) is 36.4 Å². The van der Waals surface area contributed by atoms with Crippen molar-refractivity contribution in [2.24, 2.45) is 0 Å². The fraction of sp³-hybridized carbons (Fsp3) is 0.0417. The SMILES string of the molecule is O=C(COC(=O)c1cc(-c2ccc(F)cc2)nc2ccccc12)Nc1ccccc1F. The van der Waals surface area contributed by atoms with Crippen molar-refractivity contribution >= 4 is 28.5 Å². The van der Waals surface area contributed by atoms with E-state index in [0.29, 0.717) is 22.2 Å². The van der Waals surface area contributed by atoms with Crippen LogP contribution in [0.15, 0.2) is 78.9 Å². The summed E-state index contributed by atoms with van der Waals surface area (Å²) in [6.45, 7) is -0.588. The summed E-state index contributed by atoms with van der Waals surface area (Å²) in [6, 6.07) is 19.9. The van der Waals surface area contributed by atoms with Crippen molar-refractivity contribution in [1.82, 2.24) is 4.98 Å². The summed E-state index contributed by atoms with van der Waals surface area (Å²) in [5.41, 5.74) is 1.84. The summed E-state index contributed by atoms with van der Waals surface area (Å²) in [6.07, 6.45) is 0. The van der Waals surface area contributed by atoms with Crippen molar-refractivity contribution in [2.45, 2.75) is 0 Å². The van der Waals surface area contributed by atoms with Gasteiger partial charge >= 0.3 is 5.97 Å². The number of aromatic nitrogens is 1. The first-order valence-electron chi connectivity index (χ1n) is 9.38. The van der Waals surface area contributed by atoms with Crippen molar-refractivity contribution in [3.8, 4) is 11.3 Å². The zero-order valence-electron chi connectivity index (χ0n) is 16.1. The number of ether oxygens (including phenoxy) is 1. The summed E-state index contributed by atoms with van der Waals surface area (Å²) >= 11 is 0. The molecule has 0 unspecified atom stereocenters. The third-order valence-electron chi connectivity index (χ3n) is 4.56. The number of pyridine rings is 1. The third-order valence-corrected chi connectivity index (χ3v) is 4.56. The molecule has 3 aromatic carbocycles. The van der Waals surface area contributed by atoms with Crippen molar-refractivity contribution in [3.63, 3.8) is 0 Å². The molecule has 4 aromatic rings. The van der Waals surface area contributed by atoms with Gasteiger partial charge < -0.3 is 10.1 Å². The Labute approximate surface area is 176 Å². The quantitative estimate of drug-likeness (QED) is 0.465. The van der Waals surface area contributed by atoms with Gasteiger partial charge in [-0.15, -0.1) is 0 Å². The molecule has 0 bridgehead atoms. The number of nitrogens with one attached hydrogen (secondary N) is 1. The lowest BCUT2D eigenvalue weighted by Gasteiger charge is -2.11. The molecule has 7 heteroatoms. The summed E-state index contributed by atoms with van der Waals surface area (Å²) < 4.78 is 32.1. The second-order valence-corrected chi connectivity index (χ2v) is 6.68. The average Bonchev–Trinajstić information content (AvgIpc) is 2.79. The second kappa shape index (κ2) is 8.71. The van der Waals surface area contributed by atoms with Crippen LogP contribution in [0.2, 0.25) is 0 Å². The molecule has 4 rings (SSSR count). The number of carbonyl (C=O) groups is 2. The maximum Gasteiger partial charge on any atom is 0.339 e. The van der Waals surface area contributed by atoms with Crippen molar-refractivity contribution in [3.05, 3.63) is 96.1 Å². The minimum absolute atomic E-state index is 0.00324. The third kappa shape index (κ3) is 4.56. The number of rotatable bonds is 5. The maximum absolute atomic E-state index is 13.7. The lowest BCUT2D eigenvalue weighted by atomic mass is 10.0. The van der Waals surface area contributed by atoms with Crippen LogP contribution in [-0.4, -0.2) is 23.5 Å². The highest BCUT2D eigenvalue weighted by molar-refractivity contribution is 6.05. The number of halogens is 2. The molecule has 154 valence electrons. The first kappa shape index (κ1) is 20.2. The number of benzene rings is 3. The molecule has 1 aromatic heterocycles. The molecule has 1 N–H and O–H groups in total. The first-order chi connectivity index (χ1) is 15.0. The number of hydrogen-bond donors (Lipinski definition) is 1. The van der Waals surface area contributed by atoms with Crippen LogP contribution in [0.3, 0.4) is 0 Å². The van der Waals surface area contributed by atoms with Crippen molar-refractivity contribution < 1.29 is 23.1 Å². The fourth-order valence-electron chi connectivity index (χ4n) is 3.07. The Balaban J connectivity index is 1.57. The van der Waals surface area contributed by atoms with E-state index in [0.717, 1.165) is 0 Å². The number of hydrogen-bond acceptors (Lipinski definition) is 4. The molecule has 0 saturated carbocycles. The average molecular weight is 418 g/mol. The van der Waals surface area contributed by atoms with Gasteiger partial charge in [0.1, 0.15) is 11.6 Å². The molecule has 0 saturated heterocycles. The van der Waals surface area contributed by atoms with Crippen LogP contribution in [0.4, 0.5) is 14.5 Å². The normalized spacial score (nSPS) is 10.6. The predicted molar refractivity (Wildman–Crippen MR) is 112 cm³/mol. The lowest BCUT2D eigenvalue weighted by molar-refractivity contribution is -0.119. The molecular formula is C24H16F2N2O3. The summed E-state index contributed by atoms with van der Waals surface area (Å²) in [4.78, 5) is 29.4. The molecule has 0 aliphatic rings. The molecule has 0 spiro atoms. The van der Waals surface area contributed by atoms with Crippen molar-refractivity contribution in [2.75, 3.05) is 11.9 Å². The molecule has 0 atom stereocenters. The molecule has 1 amide bonds. The van der Waals surface area contributed by atoms with Gasteiger partial charge in [-0.05, 0) is 48.5 Å². The zero-order valence-corrected chi connectivity index (χ0v) is 16.1. The molecular weight excluding hydrogens is 402 g/mol. The maximum atomic E-state index is 13.7. The molecule has 0 radical (unpaired) electrons. The highest BCUT2D eigenvalue weighted by Gasteiger charge is 2.17. The van der Waals surface area contributed by atoms with Gasteiger partial charge in [0.2, 0.25) is 0 Å². The Morgan fingerprint density at radius 2 is 1.61 bits per heavy atom. The number of anilines is 1. The number of para-hydroxylation sites is 2. The van der Waals surface area contributed by atoms with Crippen LogP contribution in [0.5, 0.6) is 0 Å². The Kier molecular flexibility index (Phi) is 5.66. The minimum Gasteiger partial charge on any atom is -0.452 e. The largest absolute Gasteiger partial charge is 0.452 e. The monoisotopic (exact) mass is 418 g/mol. The van der Waals surface area contributed by atoms with E-state index < -0.39 is 24.3 Å². The van der Waals surface area contributed by atoms with Crippen LogP contribution >= 0.6 is 0 Å². The Morgan fingerprint density at radius 1 is 0.903 bits per heavy atom. The van der Waals surface area contributed by atoms with E-state index in [1.54, 1.807) is 42.5 Å². The first-order valence-corrected chi connectivity index (χ1v) is 9.38. The zero-order chi connectivity index (χ0) is 21.8. The van der Waals surface area contributed by atoms with Gasteiger partial charge in [0, 0.05) is 10.9 Å². The van der Waals surface area contributed by atoms with E-state index >= 15 is 0 Å². The van der Waals surface area contributed by atoms with E-state index in [2.05, 4.69) is 10.3 Å². The topological polar surface area (TPSA) is 68.3 Å². The highest BCUT2D eigenvalue weighted by Crippen LogP contribution is 2.25. The summed E-state index contributed by atoms with van der Waals surface area (Å²) in [7, 11) is 0. The van der Waals surface area contributed by atoms with Gasteiger partial charge in [-0.1, -0.05) is 30.3 Å². The van der Waals surface area contributed by atoms with Gasteiger partial charge in [-0.2, -0.15) is 0 Å². The van der Waals surface area contributed by atoms with Gasteiger partial charge in [0.25, 0.3) is 5.91 Å². The standard InChI is InChI=1S/C24H16F2N2O3/c25-16-11-9-15(10-12-16)22-13-18(17-5-1-3-7-20(17)27-22)24(30)31-14-23(29)28-21-8-4-2-6-19(21)26/h1-13H,14H2,(H,28,29). The van der Waals surface area contributed by atoms with Crippen LogP contribution in [0, 0.1) is 11.6 Å². The van der Waals surface area contributed by atoms with E-state index in [1.807, 2.05) is 0 Å². The van der Waals surface area contributed by atoms with Gasteiger partial charge in [-0.3, -0.25) is 4.79 Å². The van der Waals surface area contributed by atoms with Crippen LogP contribution in [-0.2, 0) is 9.53 Å². The Morgan fingerprint density at radius 3 is 2.39 bits per heavy atom. The number of nitrogens with zero attached hydrogens (tertiary/aromatic N) is 1. The lowest BCUT2D eigenvalue weighted by Crippen LogP contribution is -2.21. The molecule has 5 nitrogen and oxygen atoms in total. The molecule has 1 heterocycles. The van der Waals surface area contributed by atoms with Crippen LogP contribution in [0.25, 0.3) is 22.2 Å². The Bertz CT molecular complexity index is 1270. The van der Waals surface area contributed by atoms with Gasteiger partial charge in [0.15, 0.2) is 6.61 Å². The molecule has 0 aliphatic heterocycles. The van der Waals surface area contributed by atoms with Gasteiger partial charge in [0.05, 0.1) is 22.5 Å². The van der Waals surface area contributed by atoms with E-state index in [4.69, 9.17) is 4.74 Å². The Hall–Kier alpha value is -4.13. The number of fused-ring (bicyclic) bond motifs is 1. The van der Waals surface area contributed by atoms with Gasteiger partial charge in [-0.25, -0.2) is 18.6 Å². The van der Waals surface area contributed by atoms with E-state index in [-0.39, 0.29) is 17.1 Å². The molecule has 0 aliphatic carbocycles. The van der Waals surface area contributed by atoms with Crippen molar-refractivity contribution in [1.29, 1.82) is 0 Å². The number of carbonyl (C=O) groups excluding carboxylic acids is 2. The van der Waals surface area contributed by atoms with Crippen LogP contribution < -0.4 is 5.32 Å². The van der Waals surface area contributed by atoms with Crippen LogP contribution in [0.1, 0.15) is 10.4 Å². The minimum atomic E-state index is -0.731. The highest BCUT2D eigenvalue weighted by atomic mass is 19.1. The van der Waals surface area contributed by atoms with E-state index in [9.17, 15) is 18.4 Å². The number of esters is 1. The number of amides is 1. The summed E-state index contributed by atoms with van der Waals surface area (Å²) in [5.74, 6) is -2.38. The molecule has 0 fully saturated rings. The predicted octanol–water partition coefficient (Wildman–Crippen LogP) is 4.98. The smallest absolute Gasteiger partial charge is 0.339 e. The summed E-state index contributed by atoms with van der Waals surface area (Å²) in [5, 5.41) is 2.91. The second-order valence-electron chi connectivity index (χ2n) is 6.68. The fourth-order valence-corrected chi connectivity index (χ4v) is 3.07. The molecule has 31 heavy (non-hydrogen) atoms.